The number of para-hydroxylation sites is 1. The molecule has 1 heterocycles. The van der Waals surface area contributed by atoms with Crippen molar-refractivity contribution in [3.05, 3.63) is 72.1 Å². The first-order valence-corrected chi connectivity index (χ1v) is 6.94. The summed E-state index contributed by atoms with van der Waals surface area (Å²) in [6.07, 6.45) is 1.82. The highest BCUT2D eigenvalue weighted by Crippen LogP contribution is 2.29. The lowest BCUT2D eigenvalue weighted by molar-refractivity contribution is 0.1000. The molecular weight excluding hydrogens is 276 g/mol. The zero-order chi connectivity index (χ0) is 15.7. The third-order valence-corrected chi connectivity index (χ3v) is 3.77. The van der Waals surface area contributed by atoms with Crippen molar-refractivity contribution in [3.63, 3.8) is 0 Å². The van der Waals surface area contributed by atoms with Crippen molar-refractivity contribution in [1.29, 1.82) is 0 Å². The molecule has 0 bridgehead atoms. The fourth-order valence-electron chi connectivity index (χ4n) is 2.57. The maximum atomic E-state index is 11.3. The Morgan fingerprint density at radius 2 is 1.73 bits per heavy atom. The van der Waals surface area contributed by atoms with Gasteiger partial charge in [0.2, 0.25) is 0 Å². The lowest BCUT2D eigenvalue weighted by atomic mass is 10.0. The van der Waals surface area contributed by atoms with Gasteiger partial charge in [0.1, 0.15) is 5.75 Å². The number of nitrogens with zero attached hydrogens (tertiary/aromatic N) is 1. The minimum atomic E-state index is -0.429. The Morgan fingerprint density at radius 3 is 2.32 bits per heavy atom. The molecule has 1 amide bonds. The van der Waals surface area contributed by atoms with Gasteiger partial charge in [0.15, 0.2) is 0 Å². The molecule has 0 unspecified atom stereocenters. The van der Waals surface area contributed by atoms with Crippen LogP contribution in [0.4, 0.5) is 0 Å². The largest absolute Gasteiger partial charge is 0.507 e. The maximum Gasteiger partial charge on any atom is 0.250 e. The summed E-state index contributed by atoms with van der Waals surface area (Å²) in [7, 11) is 0. The van der Waals surface area contributed by atoms with E-state index in [4.69, 9.17) is 5.73 Å². The monoisotopic (exact) mass is 292 g/mol. The summed E-state index contributed by atoms with van der Waals surface area (Å²) >= 11 is 0. The standard InChI is InChI=1S/C18H16N2O2/c1-12-15(18(19)22)10-11-20(12)14-8-6-13(7-9-14)16-4-2-3-5-17(16)21/h2-11,21H,1H3,(H2,19,22). The van der Waals surface area contributed by atoms with Crippen molar-refractivity contribution in [2.75, 3.05) is 0 Å². The molecule has 3 rings (SSSR count). The van der Waals surface area contributed by atoms with E-state index in [0.717, 1.165) is 22.5 Å². The molecule has 0 fully saturated rings. The maximum absolute atomic E-state index is 11.3. The highest BCUT2D eigenvalue weighted by molar-refractivity contribution is 5.94. The van der Waals surface area contributed by atoms with Crippen LogP contribution in [0, 0.1) is 6.92 Å². The Labute approximate surface area is 128 Å². The first kappa shape index (κ1) is 13.9. The first-order valence-electron chi connectivity index (χ1n) is 6.94. The topological polar surface area (TPSA) is 68.2 Å². The Kier molecular flexibility index (Phi) is 3.43. The van der Waals surface area contributed by atoms with Gasteiger partial charge in [-0.2, -0.15) is 0 Å². The Morgan fingerprint density at radius 1 is 1.05 bits per heavy atom. The van der Waals surface area contributed by atoms with Gasteiger partial charge in [-0.1, -0.05) is 30.3 Å². The summed E-state index contributed by atoms with van der Waals surface area (Å²) < 4.78 is 1.91. The van der Waals surface area contributed by atoms with Crippen LogP contribution >= 0.6 is 0 Å². The predicted octanol–water partition coefficient (Wildman–Crippen LogP) is 3.26. The van der Waals surface area contributed by atoms with Crippen LogP contribution in [0.2, 0.25) is 0 Å². The normalized spacial score (nSPS) is 10.6. The number of primary amides is 1. The second-order valence-electron chi connectivity index (χ2n) is 5.11. The van der Waals surface area contributed by atoms with Crippen molar-refractivity contribution >= 4 is 5.91 Å². The summed E-state index contributed by atoms with van der Waals surface area (Å²) in [5.74, 6) is -0.175. The predicted molar refractivity (Wildman–Crippen MR) is 86.1 cm³/mol. The molecular formula is C18H16N2O2. The van der Waals surface area contributed by atoms with Crippen molar-refractivity contribution in [1.82, 2.24) is 4.57 Å². The summed E-state index contributed by atoms with van der Waals surface area (Å²) in [5.41, 5.74) is 9.32. The average Bonchev–Trinajstić information content (AvgIpc) is 2.90. The fraction of sp³-hybridized carbons (Fsp3) is 0.0556. The van der Waals surface area contributed by atoms with Gasteiger partial charge < -0.3 is 15.4 Å². The van der Waals surface area contributed by atoms with E-state index in [1.54, 1.807) is 18.2 Å². The molecule has 2 aromatic carbocycles. The highest BCUT2D eigenvalue weighted by Gasteiger charge is 2.11. The number of hydrogen-bond donors (Lipinski definition) is 2. The molecule has 4 heteroatoms. The molecule has 0 atom stereocenters. The van der Waals surface area contributed by atoms with E-state index in [1.807, 2.05) is 54.1 Å². The quantitative estimate of drug-likeness (QED) is 0.778. The molecule has 1 aromatic heterocycles. The number of hydrogen-bond acceptors (Lipinski definition) is 2. The molecule has 110 valence electrons. The Balaban J connectivity index is 1.99. The molecule has 3 N–H and O–H groups in total. The van der Waals surface area contributed by atoms with Crippen LogP contribution in [0.15, 0.2) is 60.8 Å². The van der Waals surface area contributed by atoms with Gasteiger partial charge in [0.25, 0.3) is 5.91 Å². The van der Waals surface area contributed by atoms with Crippen molar-refractivity contribution in [2.45, 2.75) is 6.92 Å². The number of aromatic nitrogens is 1. The van der Waals surface area contributed by atoms with Gasteiger partial charge in [0.05, 0.1) is 5.56 Å². The highest BCUT2D eigenvalue weighted by atomic mass is 16.3. The number of aromatic hydroxyl groups is 1. The second kappa shape index (κ2) is 5.41. The number of benzene rings is 2. The van der Waals surface area contributed by atoms with E-state index in [9.17, 15) is 9.90 Å². The Hall–Kier alpha value is -3.01. The zero-order valence-corrected chi connectivity index (χ0v) is 12.2. The molecule has 0 aliphatic heterocycles. The van der Waals surface area contributed by atoms with Crippen LogP contribution < -0.4 is 5.73 Å². The van der Waals surface area contributed by atoms with E-state index >= 15 is 0 Å². The summed E-state index contributed by atoms with van der Waals surface area (Å²) in [6, 6.07) is 16.7. The van der Waals surface area contributed by atoms with Gasteiger partial charge in [0, 0.05) is 23.1 Å². The molecule has 4 nitrogen and oxygen atoms in total. The lowest BCUT2D eigenvalue weighted by Crippen LogP contribution is -2.12. The average molecular weight is 292 g/mol. The minimum Gasteiger partial charge on any atom is -0.507 e. The van der Waals surface area contributed by atoms with E-state index < -0.39 is 5.91 Å². The number of phenolic OH excluding ortho intramolecular Hbond substituents is 1. The molecule has 3 aromatic rings. The molecule has 0 saturated heterocycles. The van der Waals surface area contributed by atoms with Gasteiger partial charge in [-0.3, -0.25) is 4.79 Å². The van der Waals surface area contributed by atoms with Crippen LogP contribution in [-0.2, 0) is 0 Å². The van der Waals surface area contributed by atoms with Crippen LogP contribution in [-0.4, -0.2) is 15.6 Å². The first-order chi connectivity index (χ1) is 10.6. The smallest absolute Gasteiger partial charge is 0.250 e. The summed E-state index contributed by atoms with van der Waals surface area (Å²) in [4.78, 5) is 11.3. The van der Waals surface area contributed by atoms with Gasteiger partial charge in [-0.25, -0.2) is 0 Å². The number of amides is 1. The molecule has 0 spiro atoms. The Bertz CT molecular complexity index is 833. The van der Waals surface area contributed by atoms with E-state index in [1.165, 1.54) is 0 Å². The number of phenols is 1. The number of nitrogens with two attached hydrogens (primary N) is 1. The van der Waals surface area contributed by atoms with Crippen molar-refractivity contribution < 1.29 is 9.90 Å². The van der Waals surface area contributed by atoms with Gasteiger partial charge >= 0.3 is 0 Å². The second-order valence-corrected chi connectivity index (χ2v) is 5.11. The summed E-state index contributed by atoms with van der Waals surface area (Å²) in [5, 5.41) is 9.90. The van der Waals surface area contributed by atoms with Crippen LogP contribution in [0.3, 0.4) is 0 Å². The van der Waals surface area contributed by atoms with E-state index in [-0.39, 0.29) is 5.75 Å². The van der Waals surface area contributed by atoms with Gasteiger partial charge in [-0.05, 0) is 36.8 Å². The number of carbonyl (C=O) groups is 1. The molecule has 0 radical (unpaired) electrons. The van der Waals surface area contributed by atoms with Crippen molar-refractivity contribution in [3.8, 4) is 22.6 Å². The summed E-state index contributed by atoms with van der Waals surface area (Å²) in [6.45, 7) is 1.86. The number of rotatable bonds is 3. The van der Waals surface area contributed by atoms with E-state index in [2.05, 4.69) is 0 Å². The fourth-order valence-corrected chi connectivity index (χ4v) is 2.57. The third-order valence-electron chi connectivity index (χ3n) is 3.77. The zero-order valence-electron chi connectivity index (χ0n) is 12.2. The van der Waals surface area contributed by atoms with Crippen LogP contribution in [0.25, 0.3) is 16.8 Å². The van der Waals surface area contributed by atoms with Crippen LogP contribution in [0.5, 0.6) is 5.75 Å². The molecule has 0 saturated carbocycles. The molecule has 22 heavy (non-hydrogen) atoms. The SMILES string of the molecule is Cc1c(C(N)=O)ccn1-c1ccc(-c2ccccc2O)cc1. The minimum absolute atomic E-state index is 0.253. The van der Waals surface area contributed by atoms with Crippen molar-refractivity contribution in [2.24, 2.45) is 5.73 Å². The van der Waals surface area contributed by atoms with Gasteiger partial charge in [-0.15, -0.1) is 0 Å². The van der Waals surface area contributed by atoms with E-state index in [0.29, 0.717) is 5.56 Å². The molecule has 0 aliphatic carbocycles. The molecule has 0 aliphatic rings. The third kappa shape index (κ3) is 2.35. The lowest BCUT2D eigenvalue weighted by Gasteiger charge is -2.09. The number of carbonyl (C=O) groups excluding carboxylic acids is 1. The van der Waals surface area contributed by atoms with Crippen LogP contribution in [0.1, 0.15) is 16.1 Å².